The molecule has 1 heterocycles. The van der Waals surface area contributed by atoms with E-state index in [-0.39, 0.29) is 10.9 Å². The number of methoxy groups -OCH3 is 1. The largest absolute Gasteiger partial charge is 0.497 e. The maximum absolute atomic E-state index is 12.8. The Hall–Kier alpha value is -1.92. The van der Waals surface area contributed by atoms with Gasteiger partial charge in [-0.2, -0.15) is 4.31 Å². The third-order valence-corrected chi connectivity index (χ3v) is 5.44. The first-order valence-corrected chi connectivity index (χ1v) is 8.47. The van der Waals surface area contributed by atoms with Gasteiger partial charge in [0.15, 0.2) is 0 Å². The quantitative estimate of drug-likeness (QED) is 0.821. The standard InChI is InChI=1S/C16H20N2O3S/c1-4-16(15-10-5-6-11-17-15)18(2)22(19,20)14-9-7-8-13(12-14)21-3/h5-12,16H,4H2,1-3H3. The van der Waals surface area contributed by atoms with Crippen molar-refractivity contribution in [2.75, 3.05) is 14.2 Å². The van der Waals surface area contributed by atoms with E-state index in [0.29, 0.717) is 12.2 Å². The summed E-state index contributed by atoms with van der Waals surface area (Å²) in [5.41, 5.74) is 0.735. The van der Waals surface area contributed by atoms with Crippen LogP contribution in [0.25, 0.3) is 0 Å². The summed E-state index contributed by atoms with van der Waals surface area (Å²) in [6, 6.07) is 11.7. The molecule has 0 saturated carbocycles. The number of nitrogens with zero attached hydrogens (tertiary/aromatic N) is 2. The van der Waals surface area contributed by atoms with Crippen LogP contribution in [0.3, 0.4) is 0 Å². The number of rotatable bonds is 6. The van der Waals surface area contributed by atoms with Gasteiger partial charge in [0.1, 0.15) is 5.75 Å². The predicted octanol–water partition coefficient (Wildman–Crippen LogP) is 2.86. The summed E-state index contributed by atoms with van der Waals surface area (Å²) in [4.78, 5) is 4.49. The van der Waals surface area contributed by atoms with Gasteiger partial charge in [0.2, 0.25) is 10.0 Å². The highest BCUT2D eigenvalue weighted by molar-refractivity contribution is 7.89. The zero-order valence-corrected chi connectivity index (χ0v) is 13.7. The molecule has 118 valence electrons. The maximum atomic E-state index is 12.8. The van der Waals surface area contributed by atoms with Gasteiger partial charge < -0.3 is 4.74 Å². The van der Waals surface area contributed by atoms with Crippen molar-refractivity contribution < 1.29 is 13.2 Å². The van der Waals surface area contributed by atoms with Crippen LogP contribution in [0.2, 0.25) is 0 Å². The van der Waals surface area contributed by atoms with E-state index < -0.39 is 10.0 Å². The lowest BCUT2D eigenvalue weighted by Crippen LogP contribution is -2.31. The zero-order chi connectivity index (χ0) is 16.2. The SMILES string of the molecule is CCC(c1ccccn1)N(C)S(=O)(=O)c1cccc(OC)c1. The van der Waals surface area contributed by atoms with Crippen molar-refractivity contribution in [2.45, 2.75) is 24.3 Å². The van der Waals surface area contributed by atoms with Crippen LogP contribution >= 0.6 is 0 Å². The molecule has 1 aromatic carbocycles. The monoisotopic (exact) mass is 320 g/mol. The van der Waals surface area contributed by atoms with Crippen LogP contribution in [-0.2, 0) is 10.0 Å². The Labute approximate surface area is 131 Å². The maximum Gasteiger partial charge on any atom is 0.243 e. The van der Waals surface area contributed by atoms with E-state index >= 15 is 0 Å². The molecule has 0 amide bonds. The van der Waals surface area contributed by atoms with E-state index in [4.69, 9.17) is 4.74 Å². The molecule has 2 aromatic rings. The summed E-state index contributed by atoms with van der Waals surface area (Å²) in [6.07, 6.45) is 2.31. The van der Waals surface area contributed by atoms with Crippen LogP contribution in [0, 0.1) is 0 Å². The molecule has 0 fully saturated rings. The lowest BCUT2D eigenvalue weighted by Gasteiger charge is -2.26. The molecule has 0 aliphatic heterocycles. The average molecular weight is 320 g/mol. The fourth-order valence-electron chi connectivity index (χ4n) is 2.32. The van der Waals surface area contributed by atoms with Gasteiger partial charge in [-0.15, -0.1) is 0 Å². The van der Waals surface area contributed by atoms with Gasteiger partial charge in [0.25, 0.3) is 0 Å². The first-order valence-electron chi connectivity index (χ1n) is 7.03. The summed E-state index contributed by atoms with van der Waals surface area (Å²) in [7, 11) is -0.525. The molecule has 0 aliphatic carbocycles. The lowest BCUT2D eigenvalue weighted by molar-refractivity contribution is 0.359. The molecule has 0 radical (unpaired) electrons. The van der Waals surface area contributed by atoms with Gasteiger partial charge >= 0.3 is 0 Å². The Morgan fingerprint density at radius 3 is 2.59 bits per heavy atom. The molecule has 1 aromatic heterocycles. The van der Waals surface area contributed by atoms with Gasteiger partial charge in [0, 0.05) is 19.3 Å². The van der Waals surface area contributed by atoms with Crippen molar-refractivity contribution in [2.24, 2.45) is 0 Å². The number of benzene rings is 1. The molecule has 0 bridgehead atoms. The van der Waals surface area contributed by atoms with Crippen LogP contribution in [0.4, 0.5) is 0 Å². The third kappa shape index (κ3) is 3.28. The van der Waals surface area contributed by atoms with Crippen LogP contribution in [0.15, 0.2) is 53.6 Å². The summed E-state index contributed by atoms with van der Waals surface area (Å²) in [5, 5.41) is 0. The number of sulfonamides is 1. The van der Waals surface area contributed by atoms with Crippen molar-refractivity contribution >= 4 is 10.0 Å². The first-order chi connectivity index (χ1) is 10.5. The van der Waals surface area contributed by atoms with Crippen LogP contribution in [-0.4, -0.2) is 31.9 Å². The minimum atomic E-state index is -3.62. The number of pyridine rings is 1. The van der Waals surface area contributed by atoms with Gasteiger partial charge in [-0.3, -0.25) is 4.98 Å². The van der Waals surface area contributed by atoms with Crippen LogP contribution in [0.5, 0.6) is 5.75 Å². The Morgan fingerprint density at radius 1 is 1.23 bits per heavy atom. The predicted molar refractivity (Wildman–Crippen MR) is 85.2 cm³/mol. The zero-order valence-electron chi connectivity index (χ0n) is 12.9. The highest BCUT2D eigenvalue weighted by atomic mass is 32.2. The Morgan fingerprint density at radius 2 is 2.00 bits per heavy atom. The fraction of sp³-hybridized carbons (Fsp3) is 0.312. The molecule has 22 heavy (non-hydrogen) atoms. The molecule has 0 saturated heterocycles. The van der Waals surface area contributed by atoms with E-state index in [9.17, 15) is 8.42 Å². The van der Waals surface area contributed by atoms with Crippen molar-refractivity contribution in [1.82, 2.24) is 9.29 Å². The number of aromatic nitrogens is 1. The lowest BCUT2D eigenvalue weighted by atomic mass is 10.1. The third-order valence-electron chi connectivity index (χ3n) is 3.57. The molecular weight excluding hydrogens is 300 g/mol. The highest BCUT2D eigenvalue weighted by Gasteiger charge is 2.29. The van der Waals surface area contributed by atoms with Crippen molar-refractivity contribution in [3.63, 3.8) is 0 Å². The molecule has 2 rings (SSSR count). The van der Waals surface area contributed by atoms with E-state index in [0.717, 1.165) is 5.69 Å². The van der Waals surface area contributed by atoms with E-state index in [2.05, 4.69) is 4.98 Å². The molecule has 0 spiro atoms. The minimum Gasteiger partial charge on any atom is -0.497 e. The topological polar surface area (TPSA) is 59.5 Å². The Balaban J connectivity index is 2.38. The second-order valence-corrected chi connectivity index (χ2v) is 6.88. The second kappa shape index (κ2) is 6.89. The number of ether oxygens (including phenoxy) is 1. The Kier molecular flexibility index (Phi) is 5.15. The summed E-state index contributed by atoms with van der Waals surface area (Å²) < 4.78 is 32.1. The van der Waals surface area contributed by atoms with Crippen LogP contribution < -0.4 is 4.74 Å². The van der Waals surface area contributed by atoms with Crippen LogP contribution in [0.1, 0.15) is 25.1 Å². The number of hydrogen-bond acceptors (Lipinski definition) is 4. The second-order valence-electron chi connectivity index (χ2n) is 4.88. The molecule has 5 nitrogen and oxygen atoms in total. The smallest absolute Gasteiger partial charge is 0.243 e. The van der Waals surface area contributed by atoms with Crippen molar-refractivity contribution in [3.05, 3.63) is 54.4 Å². The highest BCUT2D eigenvalue weighted by Crippen LogP contribution is 2.28. The normalized spacial score (nSPS) is 13.1. The van der Waals surface area contributed by atoms with Gasteiger partial charge in [0.05, 0.1) is 23.7 Å². The molecule has 1 atom stereocenters. The molecule has 0 aliphatic rings. The summed E-state index contributed by atoms with van der Waals surface area (Å²) >= 11 is 0. The summed E-state index contributed by atoms with van der Waals surface area (Å²) in [5.74, 6) is 0.514. The minimum absolute atomic E-state index is 0.212. The molecule has 1 unspecified atom stereocenters. The fourth-order valence-corrected chi connectivity index (χ4v) is 3.76. The van der Waals surface area contributed by atoms with Crippen molar-refractivity contribution in [1.29, 1.82) is 0 Å². The average Bonchev–Trinajstić information content (AvgIpc) is 2.56. The molecular formula is C16H20N2O3S. The molecule has 0 N–H and O–H groups in total. The Bertz CT molecular complexity index is 717. The number of hydrogen-bond donors (Lipinski definition) is 0. The van der Waals surface area contributed by atoms with Gasteiger partial charge in [-0.1, -0.05) is 19.1 Å². The first kappa shape index (κ1) is 16.5. The van der Waals surface area contributed by atoms with Gasteiger partial charge in [-0.05, 0) is 30.7 Å². The summed E-state index contributed by atoms with van der Waals surface area (Å²) in [6.45, 7) is 1.94. The van der Waals surface area contributed by atoms with E-state index in [1.807, 2.05) is 25.1 Å². The molecule has 6 heteroatoms. The van der Waals surface area contributed by atoms with E-state index in [1.54, 1.807) is 31.4 Å². The van der Waals surface area contributed by atoms with Crippen molar-refractivity contribution in [3.8, 4) is 5.75 Å². The van der Waals surface area contributed by atoms with E-state index in [1.165, 1.54) is 17.5 Å². The van der Waals surface area contributed by atoms with Gasteiger partial charge in [-0.25, -0.2) is 8.42 Å².